The van der Waals surface area contributed by atoms with E-state index in [0.717, 1.165) is 50.8 Å². The lowest BCUT2D eigenvalue weighted by Gasteiger charge is -2.25. The van der Waals surface area contributed by atoms with Crippen LogP contribution in [0.4, 0.5) is 5.82 Å². The number of aromatic amines is 1. The van der Waals surface area contributed by atoms with Crippen LogP contribution in [0.2, 0.25) is 0 Å². The van der Waals surface area contributed by atoms with E-state index in [2.05, 4.69) is 64.7 Å². The van der Waals surface area contributed by atoms with E-state index in [4.69, 9.17) is 17.2 Å². The van der Waals surface area contributed by atoms with E-state index in [0.29, 0.717) is 17.9 Å². The molecule has 3 atom stereocenters. The van der Waals surface area contributed by atoms with Crippen molar-refractivity contribution in [2.24, 2.45) is 22.2 Å². The van der Waals surface area contributed by atoms with Gasteiger partial charge in [-0.1, -0.05) is 68.7 Å². The number of guanidine groups is 1. The van der Waals surface area contributed by atoms with Crippen molar-refractivity contribution >= 4 is 28.5 Å². The van der Waals surface area contributed by atoms with Gasteiger partial charge in [-0.05, 0) is 72.1 Å². The topological polar surface area (TPSA) is 156 Å². The molecule has 1 aromatic heterocycles. The first kappa shape index (κ1) is 29.8. The average molecular weight is 533 g/mol. The maximum absolute atomic E-state index is 11.7. The van der Waals surface area contributed by atoms with E-state index in [9.17, 15) is 9.90 Å². The van der Waals surface area contributed by atoms with Gasteiger partial charge in [0.15, 0.2) is 5.96 Å². The number of carbonyl (C=O) groups is 1. The Morgan fingerprint density at radius 1 is 1.00 bits per heavy atom. The zero-order valence-electron chi connectivity index (χ0n) is 23.0. The molecule has 1 heterocycles. The highest BCUT2D eigenvalue weighted by Gasteiger charge is 2.21. The molecule has 0 saturated heterocycles. The third-order valence-electron chi connectivity index (χ3n) is 7.23. The summed E-state index contributed by atoms with van der Waals surface area (Å²) in [6.07, 6.45) is 11.1. The second-order valence-corrected chi connectivity index (χ2v) is 10.3. The molecule has 210 valence electrons. The van der Waals surface area contributed by atoms with Gasteiger partial charge in [-0.3, -0.25) is 0 Å². The van der Waals surface area contributed by atoms with E-state index in [1.165, 1.54) is 22.4 Å². The Kier molecular flexibility index (Phi) is 11.9. The SMILES string of the molecule is CCCCC(N)CCCC(CCC(Nc1ccc[nH]1)C(=CC(=O)O)CN=C(N)N)c1ccc2ccccc2c1. The molecule has 0 aliphatic heterocycles. The molecule has 0 saturated carbocycles. The Hall–Kier alpha value is -3.78. The van der Waals surface area contributed by atoms with E-state index >= 15 is 0 Å². The highest BCUT2D eigenvalue weighted by molar-refractivity contribution is 5.83. The number of aliphatic imine (C=N–C) groups is 1. The number of nitrogens with zero attached hydrogens (tertiary/aromatic N) is 1. The third-order valence-corrected chi connectivity index (χ3v) is 7.23. The highest BCUT2D eigenvalue weighted by atomic mass is 16.4. The van der Waals surface area contributed by atoms with Crippen LogP contribution in [0.1, 0.15) is 69.8 Å². The van der Waals surface area contributed by atoms with E-state index in [1.807, 2.05) is 18.3 Å². The first-order valence-corrected chi connectivity index (χ1v) is 14.0. The van der Waals surface area contributed by atoms with Crippen molar-refractivity contribution in [2.75, 3.05) is 11.9 Å². The summed E-state index contributed by atoms with van der Waals surface area (Å²) in [4.78, 5) is 19.0. The summed E-state index contributed by atoms with van der Waals surface area (Å²) in [6.45, 7) is 2.31. The number of benzene rings is 2. The van der Waals surface area contributed by atoms with Crippen molar-refractivity contribution in [3.63, 3.8) is 0 Å². The van der Waals surface area contributed by atoms with Gasteiger partial charge in [0.05, 0.1) is 12.6 Å². The summed E-state index contributed by atoms with van der Waals surface area (Å²) < 4.78 is 0. The molecule has 3 rings (SSSR count). The zero-order valence-corrected chi connectivity index (χ0v) is 23.0. The molecule has 0 aliphatic rings. The van der Waals surface area contributed by atoms with Gasteiger partial charge in [0.2, 0.25) is 0 Å². The summed E-state index contributed by atoms with van der Waals surface area (Å²) >= 11 is 0. The molecule has 0 bridgehead atoms. The molecule has 9 N–H and O–H groups in total. The van der Waals surface area contributed by atoms with Crippen LogP contribution in [-0.2, 0) is 4.79 Å². The number of fused-ring (bicyclic) bond motifs is 1. The Balaban J connectivity index is 1.83. The molecule has 2 aromatic carbocycles. The molecular formula is C31H44N6O2. The minimum atomic E-state index is -1.03. The number of H-pyrrole nitrogens is 1. The normalized spacial score (nSPS) is 14.1. The van der Waals surface area contributed by atoms with Crippen LogP contribution in [0.15, 0.2) is 77.4 Å². The summed E-state index contributed by atoms with van der Waals surface area (Å²) in [7, 11) is 0. The van der Waals surface area contributed by atoms with Crippen LogP contribution in [0, 0.1) is 0 Å². The summed E-state index contributed by atoms with van der Waals surface area (Å²) in [5.41, 5.74) is 19.5. The zero-order chi connectivity index (χ0) is 28.0. The molecule has 0 spiro atoms. The average Bonchev–Trinajstić information content (AvgIpc) is 3.43. The molecule has 0 fully saturated rings. The molecule has 3 aromatic rings. The Morgan fingerprint density at radius 3 is 2.46 bits per heavy atom. The molecule has 8 nitrogen and oxygen atoms in total. The number of aliphatic carboxylic acids is 1. The summed E-state index contributed by atoms with van der Waals surface area (Å²) in [5, 5.41) is 15.5. The van der Waals surface area contributed by atoms with Crippen molar-refractivity contribution < 1.29 is 9.90 Å². The molecule has 8 heteroatoms. The number of hydrogen-bond acceptors (Lipinski definition) is 4. The highest BCUT2D eigenvalue weighted by Crippen LogP contribution is 2.32. The van der Waals surface area contributed by atoms with Crippen LogP contribution in [0.3, 0.4) is 0 Å². The number of anilines is 1. The maximum atomic E-state index is 11.7. The molecule has 3 unspecified atom stereocenters. The largest absolute Gasteiger partial charge is 0.478 e. The molecule has 0 amide bonds. The van der Waals surface area contributed by atoms with Crippen molar-refractivity contribution in [3.05, 3.63) is 78.0 Å². The smallest absolute Gasteiger partial charge is 0.328 e. The number of nitrogens with two attached hydrogens (primary N) is 3. The fourth-order valence-electron chi connectivity index (χ4n) is 5.10. The van der Waals surface area contributed by atoms with Crippen molar-refractivity contribution in [2.45, 2.75) is 76.3 Å². The quantitative estimate of drug-likeness (QED) is 0.0767. The molecule has 0 radical (unpaired) electrons. The minimum absolute atomic E-state index is 0.0710. The predicted molar refractivity (Wildman–Crippen MR) is 162 cm³/mol. The number of carboxylic acids is 1. The summed E-state index contributed by atoms with van der Waals surface area (Å²) in [5.74, 6) is 0.0137. The second kappa shape index (κ2) is 15.6. The number of carboxylic acid groups (broad SMARTS) is 1. The lowest BCUT2D eigenvalue weighted by Crippen LogP contribution is -2.28. The first-order valence-electron chi connectivity index (χ1n) is 14.0. The lowest BCUT2D eigenvalue weighted by molar-refractivity contribution is -0.131. The minimum Gasteiger partial charge on any atom is -0.478 e. The van der Waals surface area contributed by atoms with Crippen molar-refractivity contribution in [3.8, 4) is 0 Å². The van der Waals surface area contributed by atoms with Gasteiger partial charge in [0.25, 0.3) is 0 Å². The van der Waals surface area contributed by atoms with Crippen LogP contribution >= 0.6 is 0 Å². The number of aromatic nitrogens is 1. The van der Waals surface area contributed by atoms with Gasteiger partial charge >= 0.3 is 5.97 Å². The molecule has 0 aliphatic carbocycles. The Bertz CT molecular complexity index is 1220. The first-order chi connectivity index (χ1) is 18.9. The molecule has 39 heavy (non-hydrogen) atoms. The number of rotatable bonds is 17. The number of hydrogen-bond donors (Lipinski definition) is 6. The third kappa shape index (κ3) is 10.1. The fraction of sp³-hybridized carbons (Fsp3) is 0.419. The lowest BCUT2D eigenvalue weighted by atomic mass is 9.85. The molecular weight excluding hydrogens is 488 g/mol. The monoisotopic (exact) mass is 532 g/mol. The van der Waals surface area contributed by atoms with Gasteiger partial charge in [-0.15, -0.1) is 0 Å². The van der Waals surface area contributed by atoms with Crippen LogP contribution in [0.25, 0.3) is 10.8 Å². The van der Waals surface area contributed by atoms with Gasteiger partial charge in [-0.25, -0.2) is 9.79 Å². The maximum Gasteiger partial charge on any atom is 0.328 e. The van der Waals surface area contributed by atoms with Crippen molar-refractivity contribution in [1.82, 2.24) is 4.98 Å². The Labute approximate surface area is 231 Å². The Morgan fingerprint density at radius 2 is 1.77 bits per heavy atom. The van der Waals surface area contributed by atoms with Gasteiger partial charge < -0.3 is 32.6 Å². The van der Waals surface area contributed by atoms with Crippen molar-refractivity contribution in [1.29, 1.82) is 0 Å². The number of unbranched alkanes of at least 4 members (excludes halogenated alkanes) is 1. The van der Waals surface area contributed by atoms with E-state index in [1.54, 1.807) is 0 Å². The standard InChI is InChI=1S/C31H44N6O2/c1-2-3-11-27(32)12-6-10-23(25-15-14-22-8-4-5-9-24(22)19-25)16-17-28(37-29-13-7-18-35-29)26(20-30(38)39)21-36-31(33)34/h4-5,7-9,13-15,18-20,23,27-28,35,37H,2-3,6,10-12,16-17,21,32H2,1H3,(H,38,39)(H4,33,34,36). The van der Waals surface area contributed by atoms with Gasteiger partial charge in [-0.2, -0.15) is 0 Å². The van der Waals surface area contributed by atoms with E-state index < -0.39 is 5.97 Å². The number of nitrogens with one attached hydrogen (secondary N) is 2. The second-order valence-electron chi connectivity index (χ2n) is 10.3. The van der Waals surface area contributed by atoms with E-state index in [-0.39, 0.29) is 24.6 Å². The fourth-order valence-corrected chi connectivity index (χ4v) is 5.10. The van der Waals surface area contributed by atoms with Gasteiger partial charge in [0.1, 0.15) is 5.82 Å². The van der Waals surface area contributed by atoms with Crippen LogP contribution < -0.4 is 22.5 Å². The predicted octanol–water partition coefficient (Wildman–Crippen LogP) is 5.48. The summed E-state index contributed by atoms with van der Waals surface area (Å²) in [6, 6.07) is 18.9. The van der Waals surface area contributed by atoms with Crippen LogP contribution in [-0.4, -0.2) is 40.6 Å². The van der Waals surface area contributed by atoms with Gasteiger partial charge in [0, 0.05) is 18.3 Å². The van der Waals surface area contributed by atoms with Crippen LogP contribution in [0.5, 0.6) is 0 Å².